The molecule has 0 amide bonds. The van der Waals surface area contributed by atoms with Gasteiger partial charge in [-0.3, -0.25) is 5.10 Å². The molecule has 0 aliphatic rings. The third-order valence-electron chi connectivity index (χ3n) is 1.91. The van der Waals surface area contributed by atoms with Crippen LogP contribution >= 0.6 is 28.1 Å². The van der Waals surface area contributed by atoms with Crippen LogP contribution in [0.5, 0.6) is 0 Å². The number of nitrogens with one attached hydrogen (secondary N) is 2. The maximum absolute atomic E-state index is 13.5. The molecule has 84 valence electrons. The lowest BCUT2D eigenvalue weighted by atomic mass is 10.3. The average molecular weight is 308 g/mol. The molecule has 0 unspecified atom stereocenters. The summed E-state index contributed by atoms with van der Waals surface area (Å²) in [5.74, 6) is -1.62. The van der Waals surface area contributed by atoms with E-state index in [0.717, 1.165) is 10.6 Å². The third-order valence-corrected chi connectivity index (χ3v) is 2.81. The minimum Gasteiger partial charge on any atom is -0.272 e. The first-order valence-corrected chi connectivity index (χ1v) is 5.25. The van der Waals surface area contributed by atoms with Crippen LogP contribution in [0.3, 0.4) is 0 Å². The van der Waals surface area contributed by atoms with Gasteiger partial charge in [0.05, 0.1) is 10.2 Å². The van der Waals surface area contributed by atoms with E-state index in [1.54, 1.807) is 0 Å². The molecular weight excluding hydrogens is 304 g/mol. The third kappa shape index (κ3) is 1.74. The summed E-state index contributed by atoms with van der Waals surface area (Å²) in [6.07, 6.45) is 0. The van der Waals surface area contributed by atoms with Crippen molar-refractivity contribution in [2.45, 2.75) is 0 Å². The molecule has 2 aromatic rings. The Morgan fingerprint density at radius 2 is 1.94 bits per heavy atom. The number of rotatable bonds is 1. The van der Waals surface area contributed by atoms with Crippen molar-refractivity contribution < 1.29 is 8.78 Å². The van der Waals surface area contributed by atoms with E-state index in [0.29, 0.717) is 6.07 Å². The van der Waals surface area contributed by atoms with E-state index >= 15 is 0 Å². The van der Waals surface area contributed by atoms with E-state index in [1.165, 1.54) is 0 Å². The quantitative estimate of drug-likeness (QED) is 0.627. The van der Waals surface area contributed by atoms with E-state index in [4.69, 9.17) is 12.2 Å². The lowest BCUT2D eigenvalue weighted by Crippen LogP contribution is -2.16. The second-order valence-electron chi connectivity index (χ2n) is 2.91. The largest absolute Gasteiger partial charge is 0.347 e. The first-order chi connectivity index (χ1) is 7.50. The molecule has 0 aliphatic carbocycles. The Kier molecular flexibility index (Phi) is 2.76. The maximum Gasteiger partial charge on any atom is 0.347 e. The van der Waals surface area contributed by atoms with Crippen molar-refractivity contribution in [2.75, 3.05) is 0 Å². The van der Waals surface area contributed by atoms with Crippen LogP contribution in [-0.2, 0) is 0 Å². The molecule has 1 aromatic heterocycles. The Balaban J connectivity index is 2.80. The van der Waals surface area contributed by atoms with Crippen LogP contribution in [-0.4, -0.2) is 14.8 Å². The number of hydrogen-bond acceptors (Lipinski definition) is 2. The lowest BCUT2D eigenvalue weighted by Gasteiger charge is -2.03. The van der Waals surface area contributed by atoms with Crippen LogP contribution in [0.25, 0.3) is 5.69 Å². The zero-order chi connectivity index (χ0) is 11.9. The number of halogens is 3. The van der Waals surface area contributed by atoms with Gasteiger partial charge in [0.25, 0.3) is 0 Å². The number of hydrogen-bond donors (Lipinski definition) is 2. The van der Waals surface area contributed by atoms with E-state index in [9.17, 15) is 13.6 Å². The van der Waals surface area contributed by atoms with Crippen LogP contribution in [0.15, 0.2) is 21.4 Å². The molecule has 0 radical (unpaired) electrons. The zero-order valence-electron chi connectivity index (χ0n) is 7.55. The average Bonchev–Trinajstić information content (AvgIpc) is 2.53. The molecule has 0 saturated carbocycles. The topological polar surface area (TPSA) is 53.6 Å². The van der Waals surface area contributed by atoms with Gasteiger partial charge in [-0.15, -0.1) is 0 Å². The van der Waals surface area contributed by atoms with E-state index in [2.05, 4.69) is 26.1 Å². The molecule has 1 aromatic carbocycles. The standard InChI is InChI=1S/C8H4BrF2N3OS/c9-3-1-6(5(11)2-4(3)10)14-7(15)12-13-8(14)16/h1-2H,(H,12,15)(H,13,16). The van der Waals surface area contributed by atoms with Crippen molar-refractivity contribution in [3.05, 3.63) is 43.5 Å². The molecule has 2 rings (SSSR count). The number of aromatic nitrogens is 3. The Labute approximate surface area is 101 Å². The fraction of sp³-hybridized carbons (Fsp3) is 0. The summed E-state index contributed by atoms with van der Waals surface area (Å²) in [5, 5.41) is 4.56. The highest BCUT2D eigenvalue weighted by atomic mass is 79.9. The zero-order valence-corrected chi connectivity index (χ0v) is 9.95. The fourth-order valence-corrected chi connectivity index (χ4v) is 1.78. The van der Waals surface area contributed by atoms with Gasteiger partial charge in [-0.2, -0.15) is 0 Å². The molecule has 0 fully saturated rings. The smallest absolute Gasteiger partial charge is 0.272 e. The predicted molar refractivity (Wildman–Crippen MR) is 59.2 cm³/mol. The minimum atomic E-state index is -0.873. The van der Waals surface area contributed by atoms with Gasteiger partial charge < -0.3 is 0 Å². The second-order valence-corrected chi connectivity index (χ2v) is 4.15. The van der Waals surface area contributed by atoms with Gasteiger partial charge in [0.2, 0.25) is 4.77 Å². The molecule has 0 spiro atoms. The molecule has 8 heteroatoms. The molecule has 0 bridgehead atoms. The van der Waals surface area contributed by atoms with Gasteiger partial charge >= 0.3 is 5.69 Å². The van der Waals surface area contributed by atoms with E-state index in [-0.39, 0.29) is 14.9 Å². The van der Waals surface area contributed by atoms with Gasteiger partial charge in [-0.05, 0) is 34.2 Å². The van der Waals surface area contributed by atoms with E-state index < -0.39 is 17.3 Å². The maximum atomic E-state index is 13.5. The number of benzene rings is 1. The monoisotopic (exact) mass is 307 g/mol. The highest BCUT2D eigenvalue weighted by molar-refractivity contribution is 9.10. The van der Waals surface area contributed by atoms with Crippen molar-refractivity contribution in [2.24, 2.45) is 0 Å². The predicted octanol–water partition coefficient (Wildman–Crippen LogP) is 2.26. The van der Waals surface area contributed by atoms with Gasteiger partial charge in [0.1, 0.15) is 11.6 Å². The highest BCUT2D eigenvalue weighted by Gasteiger charge is 2.12. The van der Waals surface area contributed by atoms with Crippen LogP contribution < -0.4 is 5.69 Å². The summed E-state index contributed by atoms with van der Waals surface area (Å²) in [5.41, 5.74) is -0.747. The van der Waals surface area contributed by atoms with Gasteiger partial charge in [0.15, 0.2) is 0 Å². The molecule has 4 nitrogen and oxygen atoms in total. The lowest BCUT2D eigenvalue weighted by molar-refractivity contribution is 0.572. The molecule has 2 N–H and O–H groups in total. The number of nitrogens with zero attached hydrogens (tertiary/aromatic N) is 1. The summed E-state index contributed by atoms with van der Waals surface area (Å²) < 4.78 is 27.4. The van der Waals surface area contributed by atoms with Crippen LogP contribution in [0.2, 0.25) is 0 Å². The second kappa shape index (κ2) is 3.95. The van der Waals surface area contributed by atoms with Gasteiger partial charge in [0, 0.05) is 6.07 Å². The Bertz CT molecular complexity index is 633. The van der Waals surface area contributed by atoms with Gasteiger partial charge in [-0.1, -0.05) is 0 Å². The Morgan fingerprint density at radius 1 is 1.25 bits per heavy atom. The SMILES string of the molecule is O=c1[nH][nH]c(=S)n1-c1cc(Br)c(F)cc1F. The van der Waals surface area contributed by atoms with Crippen LogP contribution in [0.1, 0.15) is 0 Å². The molecule has 1 heterocycles. The first kappa shape index (κ1) is 11.2. The summed E-state index contributed by atoms with van der Waals surface area (Å²) in [6, 6.07) is 1.82. The minimum absolute atomic E-state index is 0.00223. The fourth-order valence-electron chi connectivity index (χ4n) is 1.21. The number of H-pyrrole nitrogens is 2. The van der Waals surface area contributed by atoms with Crippen LogP contribution in [0.4, 0.5) is 8.78 Å². The summed E-state index contributed by atoms with van der Waals surface area (Å²) >= 11 is 7.69. The van der Waals surface area contributed by atoms with Crippen molar-refractivity contribution in [3.63, 3.8) is 0 Å². The van der Waals surface area contributed by atoms with E-state index in [1.807, 2.05) is 0 Å². The van der Waals surface area contributed by atoms with Crippen molar-refractivity contribution >= 4 is 28.1 Å². The van der Waals surface area contributed by atoms with Gasteiger partial charge in [-0.25, -0.2) is 23.2 Å². The summed E-state index contributed by atoms with van der Waals surface area (Å²) in [4.78, 5) is 11.3. The highest BCUT2D eigenvalue weighted by Crippen LogP contribution is 2.21. The molecular formula is C8H4BrF2N3OS. The Morgan fingerprint density at radius 3 is 2.50 bits per heavy atom. The molecule has 16 heavy (non-hydrogen) atoms. The van der Waals surface area contributed by atoms with Crippen molar-refractivity contribution in [1.82, 2.24) is 14.8 Å². The molecule has 0 saturated heterocycles. The first-order valence-electron chi connectivity index (χ1n) is 4.05. The summed E-state index contributed by atoms with van der Waals surface area (Å²) in [7, 11) is 0. The van der Waals surface area contributed by atoms with Crippen molar-refractivity contribution in [1.29, 1.82) is 0 Å². The van der Waals surface area contributed by atoms with Crippen LogP contribution in [0, 0.1) is 16.4 Å². The number of aromatic amines is 2. The molecule has 0 atom stereocenters. The molecule has 0 aliphatic heterocycles. The van der Waals surface area contributed by atoms with Crippen molar-refractivity contribution in [3.8, 4) is 5.69 Å². The Hall–Kier alpha value is -1.28. The summed E-state index contributed by atoms with van der Waals surface area (Å²) in [6.45, 7) is 0. The normalized spacial score (nSPS) is 10.7.